The topological polar surface area (TPSA) is 78.4 Å². The quantitative estimate of drug-likeness (QED) is 0.572. The average molecular weight is 308 g/mol. The Labute approximate surface area is 132 Å². The van der Waals surface area contributed by atoms with Gasteiger partial charge in [0.15, 0.2) is 0 Å². The average Bonchev–Trinajstić information content (AvgIpc) is 2.46. The van der Waals surface area contributed by atoms with E-state index >= 15 is 0 Å². The predicted octanol–water partition coefficient (Wildman–Crippen LogP) is 3.23. The second-order valence-electron chi connectivity index (χ2n) is 5.99. The Morgan fingerprint density at radius 3 is 2.50 bits per heavy atom. The van der Waals surface area contributed by atoms with E-state index in [1.165, 1.54) is 25.7 Å². The molecule has 2 atom stereocenters. The second-order valence-corrected chi connectivity index (χ2v) is 5.99. The second kappa shape index (κ2) is 9.28. The molecule has 0 saturated carbocycles. The maximum Gasteiger partial charge on any atom is 0.315 e. The summed E-state index contributed by atoms with van der Waals surface area (Å²) in [5, 5.41) is 14.8. The van der Waals surface area contributed by atoms with Crippen LogP contribution in [-0.2, 0) is 4.79 Å². The summed E-state index contributed by atoms with van der Waals surface area (Å²) in [6.45, 7) is 4.52. The lowest BCUT2D eigenvalue weighted by Crippen LogP contribution is -2.55. The minimum Gasteiger partial charge on any atom is -0.481 e. The van der Waals surface area contributed by atoms with Crippen LogP contribution in [0.4, 0.5) is 4.79 Å². The van der Waals surface area contributed by atoms with E-state index in [1.807, 2.05) is 0 Å². The van der Waals surface area contributed by atoms with Crippen molar-refractivity contribution in [3.8, 4) is 0 Å². The molecule has 1 rings (SSSR count). The lowest BCUT2D eigenvalue weighted by Gasteiger charge is -2.33. The molecule has 1 aliphatic rings. The van der Waals surface area contributed by atoms with Crippen molar-refractivity contribution in [1.82, 2.24) is 10.6 Å². The molecule has 124 valence electrons. The molecule has 5 nitrogen and oxygen atoms in total. The number of amides is 2. The van der Waals surface area contributed by atoms with Gasteiger partial charge in [-0.1, -0.05) is 63.3 Å². The normalized spacial score (nSPS) is 23.3. The molecule has 0 aromatic heterocycles. The monoisotopic (exact) mass is 308 g/mol. The molecular formula is C17H28N2O3. The van der Waals surface area contributed by atoms with Crippen molar-refractivity contribution in [3.63, 3.8) is 0 Å². The number of carbonyl (C=O) groups is 2. The Balaban J connectivity index is 2.30. The number of carbonyl (C=O) groups excluding carboxylic acids is 1. The molecule has 0 radical (unpaired) electrons. The first-order valence-electron chi connectivity index (χ1n) is 8.14. The Hall–Kier alpha value is -1.78. The van der Waals surface area contributed by atoms with Gasteiger partial charge in [-0.15, -0.1) is 0 Å². The highest BCUT2D eigenvalue weighted by atomic mass is 16.4. The standard InChI is InChI=1S/C17H28N2O3/c1-3-4-5-6-7-10-13-18-16(22)19-17(2)12-9-8-11-14(17)15(20)21/h8-9,11-12,14H,3-7,10,13H2,1-2H3,(H,20,21)(H2,18,19,22). The van der Waals surface area contributed by atoms with Crippen molar-refractivity contribution in [1.29, 1.82) is 0 Å². The van der Waals surface area contributed by atoms with Crippen molar-refractivity contribution < 1.29 is 14.7 Å². The Morgan fingerprint density at radius 1 is 1.14 bits per heavy atom. The molecule has 0 heterocycles. The van der Waals surface area contributed by atoms with Crippen LogP contribution >= 0.6 is 0 Å². The zero-order valence-electron chi connectivity index (χ0n) is 13.6. The van der Waals surface area contributed by atoms with Crippen LogP contribution in [0.1, 0.15) is 52.4 Å². The summed E-state index contributed by atoms with van der Waals surface area (Å²) >= 11 is 0. The van der Waals surface area contributed by atoms with Gasteiger partial charge in [0.2, 0.25) is 0 Å². The zero-order chi connectivity index (χ0) is 16.4. The molecule has 2 amide bonds. The first kappa shape index (κ1) is 18.3. The Morgan fingerprint density at radius 2 is 1.82 bits per heavy atom. The summed E-state index contributed by atoms with van der Waals surface area (Å²) in [6, 6.07) is -0.317. The van der Waals surface area contributed by atoms with Gasteiger partial charge in [-0.25, -0.2) is 4.79 Å². The van der Waals surface area contributed by atoms with Crippen molar-refractivity contribution in [3.05, 3.63) is 24.3 Å². The van der Waals surface area contributed by atoms with Gasteiger partial charge in [0.05, 0.1) is 5.54 Å². The van der Waals surface area contributed by atoms with Crippen LogP contribution in [0.15, 0.2) is 24.3 Å². The zero-order valence-corrected chi connectivity index (χ0v) is 13.6. The summed E-state index contributed by atoms with van der Waals surface area (Å²) in [7, 11) is 0. The van der Waals surface area contributed by atoms with Crippen LogP contribution in [0.5, 0.6) is 0 Å². The third-order valence-corrected chi connectivity index (χ3v) is 3.97. The molecular weight excluding hydrogens is 280 g/mol. The highest BCUT2D eigenvalue weighted by Gasteiger charge is 2.37. The fourth-order valence-electron chi connectivity index (χ4n) is 2.59. The smallest absolute Gasteiger partial charge is 0.315 e. The number of carboxylic acid groups (broad SMARTS) is 1. The highest BCUT2D eigenvalue weighted by Crippen LogP contribution is 2.24. The number of nitrogens with one attached hydrogen (secondary N) is 2. The first-order chi connectivity index (χ1) is 10.5. The van der Waals surface area contributed by atoms with Gasteiger partial charge < -0.3 is 15.7 Å². The molecule has 0 fully saturated rings. The molecule has 2 unspecified atom stereocenters. The molecule has 0 aromatic carbocycles. The molecule has 0 bridgehead atoms. The maximum absolute atomic E-state index is 11.9. The van der Waals surface area contributed by atoms with E-state index in [9.17, 15) is 14.7 Å². The molecule has 1 aliphatic carbocycles. The van der Waals surface area contributed by atoms with E-state index in [-0.39, 0.29) is 6.03 Å². The van der Waals surface area contributed by atoms with Crippen LogP contribution in [-0.4, -0.2) is 29.2 Å². The molecule has 3 N–H and O–H groups in total. The number of carboxylic acids is 1. The van der Waals surface area contributed by atoms with E-state index < -0.39 is 17.4 Å². The van der Waals surface area contributed by atoms with Crippen molar-refractivity contribution in [2.45, 2.75) is 57.9 Å². The minimum atomic E-state index is -0.945. The van der Waals surface area contributed by atoms with Crippen LogP contribution < -0.4 is 10.6 Å². The summed E-state index contributed by atoms with van der Waals surface area (Å²) in [6.07, 6.45) is 13.8. The molecule has 0 spiro atoms. The summed E-state index contributed by atoms with van der Waals surface area (Å²) in [5.41, 5.74) is -0.897. The Kier molecular flexibility index (Phi) is 7.71. The van der Waals surface area contributed by atoms with Crippen LogP contribution in [0.25, 0.3) is 0 Å². The SMILES string of the molecule is CCCCCCCCNC(=O)NC1(C)C=CC=CC1C(=O)O. The summed E-state index contributed by atoms with van der Waals surface area (Å²) < 4.78 is 0. The number of urea groups is 1. The largest absolute Gasteiger partial charge is 0.481 e. The van der Waals surface area contributed by atoms with Crippen molar-refractivity contribution in [2.75, 3.05) is 6.54 Å². The maximum atomic E-state index is 11.9. The molecule has 0 aromatic rings. The van der Waals surface area contributed by atoms with Gasteiger partial charge in [-0.3, -0.25) is 4.79 Å². The Bertz CT molecular complexity index is 432. The fraction of sp³-hybridized carbons (Fsp3) is 0.647. The van der Waals surface area contributed by atoms with Gasteiger partial charge in [-0.05, 0) is 13.3 Å². The number of hydrogen-bond acceptors (Lipinski definition) is 2. The van der Waals surface area contributed by atoms with Crippen LogP contribution in [0.2, 0.25) is 0 Å². The third kappa shape index (κ3) is 5.92. The van der Waals surface area contributed by atoms with Crippen LogP contribution in [0, 0.1) is 5.92 Å². The van der Waals surface area contributed by atoms with Gasteiger partial charge in [-0.2, -0.15) is 0 Å². The predicted molar refractivity (Wildman–Crippen MR) is 87.7 cm³/mol. The number of unbranched alkanes of at least 4 members (excludes halogenated alkanes) is 5. The third-order valence-electron chi connectivity index (χ3n) is 3.97. The number of aliphatic carboxylic acids is 1. The number of hydrogen-bond donors (Lipinski definition) is 3. The van der Waals surface area contributed by atoms with E-state index in [0.717, 1.165) is 12.8 Å². The lowest BCUT2D eigenvalue weighted by atomic mass is 9.82. The van der Waals surface area contributed by atoms with E-state index in [1.54, 1.807) is 31.2 Å². The molecule has 0 aliphatic heterocycles. The van der Waals surface area contributed by atoms with E-state index in [0.29, 0.717) is 6.54 Å². The lowest BCUT2D eigenvalue weighted by molar-refractivity contribution is -0.141. The first-order valence-corrected chi connectivity index (χ1v) is 8.14. The molecule has 5 heteroatoms. The van der Waals surface area contributed by atoms with Gasteiger partial charge in [0.1, 0.15) is 5.92 Å². The van der Waals surface area contributed by atoms with Crippen molar-refractivity contribution >= 4 is 12.0 Å². The highest BCUT2D eigenvalue weighted by molar-refractivity contribution is 5.80. The summed E-state index contributed by atoms with van der Waals surface area (Å²) in [4.78, 5) is 23.2. The van der Waals surface area contributed by atoms with Gasteiger partial charge in [0, 0.05) is 6.54 Å². The number of allylic oxidation sites excluding steroid dienone is 2. The molecule has 22 heavy (non-hydrogen) atoms. The minimum absolute atomic E-state index is 0.317. The van der Waals surface area contributed by atoms with E-state index in [2.05, 4.69) is 17.6 Å². The molecule has 0 saturated heterocycles. The summed E-state index contributed by atoms with van der Waals surface area (Å²) in [5.74, 6) is -1.70. The van der Waals surface area contributed by atoms with Gasteiger partial charge >= 0.3 is 12.0 Å². The van der Waals surface area contributed by atoms with Crippen LogP contribution in [0.3, 0.4) is 0 Å². The fourth-order valence-corrected chi connectivity index (χ4v) is 2.59. The number of rotatable bonds is 9. The van der Waals surface area contributed by atoms with Crippen molar-refractivity contribution in [2.24, 2.45) is 5.92 Å². The van der Waals surface area contributed by atoms with Gasteiger partial charge in [0.25, 0.3) is 0 Å². The van der Waals surface area contributed by atoms with E-state index in [4.69, 9.17) is 0 Å².